The first-order valence-corrected chi connectivity index (χ1v) is 7.74. The van der Waals surface area contributed by atoms with Gasteiger partial charge in [0.25, 0.3) is 0 Å². The fourth-order valence-corrected chi connectivity index (χ4v) is 3.40. The minimum absolute atomic E-state index is 0. The van der Waals surface area contributed by atoms with Gasteiger partial charge in [-0.05, 0) is 41.4 Å². The Morgan fingerprint density at radius 3 is 2.90 bits per heavy atom. The summed E-state index contributed by atoms with van der Waals surface area (Å²) in [5.41, 5.74) is 5.21. The van der Waals surface area contributed by atoms with Crippen LogP contribution in [0, 0.1) is 5.92 Å². The monoisotopic (exact) mass is 275 g/mol. The Bertz CT molecular complexity index is 798. The van der Waals surface area contributed by atoms with Gasteiger partial charge >= 0.3 is 0 Å². The van der Waals surface area contributed by atoms with E-state index in [0.29, 0.717) is 5.92 Å². The van der Waals surface area contributed by atoms with Crippen molar-refractivity contribution >= 4 is 22.5 Å². The average molecular weight is 275 g/mol. The van der Waals surface area contributed by atoms with E-state index in [0.717, 1.165) is 6.42 Å². The predicted octanol–water partition coefficient (Wildman–Crippen LogP) is 5.76. The van der Waals surface area contributed by atoms with Gasteiger partial charge in [0.05, 0.1) is 5.69 Å². The molecule has 2 aliphatic rings. The number of rotatable bonds is 1. The van der Waals surface area contributed by atoms with Crippen molar-refractivity contribution in [1.29, 1.82) is 0 Å². The molecule has 1 N–H and O–H groups in total. The molecule has 0 bridgehead atoms. The Kier molecular flexibility index (Phi) is 2.92. The second-order valence-corrected chi connectivity index (χ2v) is 5.82. The molecular formula is C20H21N. The van der Waals surface area contributed by atoms with Gasteiger partial charge < -0.3 is 5.32 Å². The van der Waals surface area contributed by atoms with E-state index in [-0.39, 0.29) is 1.43 Å². The van der Waals surface area contributed by atoms with Gasteiger partial charge in [-0.25, -0.2) is 0 Å². The van der Waals surface area contributed by atoms with E-state index in [1.165, 1.54) is 39.7 Å². The van der Waals surface area contributed by atoms with Crippen LogP contribution >= 0.6 is 0 Å². The highest BCUT2D eigenvalue weighted by atomic mass is 14.9. The molecule has 1 aliphatic heterocycles. The van der Waals surface area contributed by atoms with Crippen molar-refractivity contribution in [2.75, 3.05) is 5.32 Å². The molecule has 0 fully saturated rings. The second kappa shape index (κ2) is 4.92. The molecule has 106 valence electrons. The summed E-state index contributed by atoms with van der Waals surface area (Å²) in [5.74, 6) is 0.634. The van der Waals surface area contributed by atoms with Gasteiger partial charge in [0, 0.05) is 12.5 Å². The van der Waals surface area contributed by atoms with Crippen molar-refractivity contribution in [3.05, 3.63) is 71.5 Å². The number of hydrogen-bond donors (Lipinski definition) is 1. The lowest BCUT2D eigenvalue weighted by atomic mass is 9.87. The van der Waals surface area contributed by atoms with E-state index in [2.05, 4.69) is 72.9 Å². The zero-order valence-corrected chi connectivity index (χ0v) is 12.3. The standard InChI is InChI=1S/C20H19N.H2/c1-2-14-7-5-9-19-17(14)13-12-16-11-10-15-6-3-4-8-18(15)20(16)21-19;/h3-6,8-14,21H,2,7H2,1H3;1H. The molecule has 1 heterocycles. The van der Waals surface area contributed by atoms with Gasteiger partial charge in [0.15, 0.2) is 0 Å². The zero-order valence-electron chi connectivity index (χ0n) is 12.3. The number of anilines is 1. The smallest absolute Gasteiger partial charge is 0.0537 e. The lowest BCUT2D eigenvalue weighted by Crippen LogP contribution is -2.11. The summed E-state index contributed by atoms with van der Waals surface area (Å²) < 4.78 is 0. The van der Waals surface area contributed by atoms with Gasteiger partial charge in [-0.2, -0.15) is 0 Å². The third kappa shape index (κ3) is 2.01. The minimum Gasteiger partial charge on any atom is -0.354 e. The molecule has 0 aromatic heterocycles. The number of fused-ring (bicyclic) bond motifs is 3. The fourth-order valence-electron chi connectivity index (χ4n) is 3.40. The number of nitrogens with one attached hydrogen (secondary N) is 1. The first-order valence-electron chi connectivity index (χ1n) is 7.74. The number of hydrogen-bond acceptors (Lipinski definition) is 1. The van der Waals surface area contributed by atoms with Crippen LogP contribution in [0.15, 0.2) is 65.9 Å². The molecule has 1 aliphatic carbocycles. The highest BCUT2D eigenvalue weighted by Gasteiger charge is 2.20. The van der Waals surface area contributed by atoms with Crippen LogP contribution in [0.2, 0.25) is 0 Å². The van der Waals surface area contributed by atoms with E-state index in [4.69, 9.17) is 0 Å². The molecule has 1 heteroatoms. The maximum Gasteiger partial charge on any atom is 0.0537 e. The van der Waals surface area contributed by atoms with Crippen LogP contribution in [0.5, 0.6) is 0 Å². The number of allylic oxidation sites excluding steroid dienone is 4. The fraction of sp³-hybridized carbons (Fsp3) is 0.200. The van der Waals surface area contributed by atoms with Gasteiger partial charge in [0.2, 0.25) is 0 Å². The second-order valence-electron chi connectivity index (χ2n) is 5.82. The van der Waals surface area contributed by atoms with Crippen LogP contribution in [0.25, 0.3) is 16.8 Å². The maximum atomic E-state index is 3.70. The predicted molar refractivity (Wildman–Crippen MR) is 93.3 cm³/mol. The third-order valence-corrected chi connectivity index (χ3v) is 4.61. The van der Waals surface area contributed by atoms with Crippen molar-refractivity contribution in [3.8, 4) is 0 Å². The van der Waals surface area contributed by atoms with Crippen molar-refractivity contribution in [1.82, 2.24) is 0 Å². The van der Waals surface area contributed by atoms with E-state index in [1.54, 1.807) is 0 Å². The SMILES string of the molecule is CCC1CC=CC2=C1C=Cc1ccc3ccccc3c1N2.[HH]. The Morgan fingerprint density at radius 2 is 2.00 bits per heavy atom. The summed E-state index contributed by atoms with van der Waals surface area (Å²) in [4.78, 5) is 0. The Labute approximate surface area is 127 Å². The molecule has 0 spiro atoms. The highest BCUT2D eigenvalue weighted by molar-refractivity contribution is 5.99. The van der Waals surface area contributed by atoms with Gasteiger partial charge in [0.1, 0.15) is 0 Å². The Hall–Kier alpha value is -2.28. The first kappa shape index (κ1) is 12.5. The van der Waals surface area contributed by atoms with Crippen LogP contribution in [0.1, 0.15) is 26.8 Å². The summed E-state index contributed by atoms with van der Waals surface area (Å²) in [6.07, 6.45) is 11.4. The largest absolute Gasteiger partial charge is 0.354 e. The summed E-state index contributed by atoms with van der Waals surface area (Å²) in [6, 6.07) is 13.0. The van der Waals surface area contributed by atoms with E-state index in [1.807, 2.05) is 0 Å². The average Bonchev–Trinajstić information content (AvgIpc) is 2.74. The van der Waals surface area contributed by atoms with Crippen LogP contribution in [0.4, 0.5) is 5.69 Å². The summed E-state index contributed by atoms with van der Waals surface area (Å²) >= 11 is 0. The molecule has 2 aromatic carbocycles. The Balaban J connectivity index is 0.00000144. The van der Waals surface area contributed by atoms with Crippen molar-refractivity contribution in [3.63, 3.8) is 0 Å². The van der Waals surface area contributed by atoms with Gasteiger partial charge in [-0.1, -0.05) is 61.5 Å². The topological polar surface area (TPSA) is 12.0 Å². The van der Waals surface area contributed by atoms with Crippen molar-refractivity contribution in [2.24, 2.45) is 5.92 Å². The van der Waals surface area contributed by atoms with Crippen molar-refractivity contribution < 1.29 is 1.43 Å². The molecule has 0 amide bonds. The summed E-state index contributed by atoms with van der Waals surface area (Å²) in [6.45, 7) is 2.27. The van der Waals surface area contributed by atoms with Crippen LogP contribution in [-0.4, -0.2) is 0 Å². The zero-order chi connectivity index (χ0) is 14.2. The lowest BCUT2D eigenvalue weighted by Gasteiger charge is -2.22. The maximum absolute atomic E-state index is 3.70. The molecule has 0 saturated carbocycles. The minimum atomic E-state index is 0. The molecule has 1 atom stereocenters. The van der Waals surface area contributed by atoms with Gasteiger partial charge in [-0.3, -0.25) is 0 Å². The molecule has 21 heavy (non-hydrogen) atoms. The van der Waals surface area contributed by atoms with E-state index >= 15 is 0 Å². The highest BCUT2D eigenvalue weighted by Crippen LogP contribution is 2.37. The van der Waals surface area contributed by atoms with Crippen molar-refractivity contribution in [2.45, 2.75) is 19.8 Å². The Morgan fingerprint density at radius 1 is 1.10 bits per heavy atom. The summed E-state index contributed by atoms with van der Waals surface area (Å²) in [5, 5.41) is 6.28. The molecule has 2 aromatic rings. The first-order chi connectivity index (χ1) is 10.4. The summed E-state index contributed by atoms with van der Waals surface area (Å²) in [7, 11) is 0. The van der Waals surface area contributed by atoms with Crippen LogP contribution < -0.4 is 5.32 Å². The molecule has 0 radical (unpaired) electrons. The van der Waals surface area contributed by atoms with Gasteiger partial charge in [-0.15, -0.1) is 0 Å². The van der Waals surface area contributed by atoms with E-state index < -0.39 is 0 Å². The lowest BCUT2D eigenvalue weighted by molar-refractivity contribution is 0.603. The molecule has 1 nitrogen and oxygen atoms in total. The molecule has 4 rings (SSSR count). The third-order valence-electron chi connectivity index (χ3n) is 4.61. The molecule has 1 unspecified atom stereocenters. The molecule has 0 saturated heterocycles. The normalized spacial score (nSPS) is 20.0. The van der Waals surface area contributed by atoms with Crippen LogP contribution in [0.3, 0.4) is 0 Å². The number of benzene rings is 2. The van der Waals surface area contributed by atoms with E-state index in [9.17, 15) is 0 Å². The molecular weight excluding hydrogens is 254 g/mol. The van der Waals surface area contributed by atoms with Crippen LogP contribution in [-0.2, 0) is 0 Å². The quantitative estimate of drug-likeness (QED) is 0.697.